The highest BCUT2D eigenvalue weighted by Gasteiger charge is 2.28. The van der Waals surface area contributed by atoms with Crippen LogP contribution in [0.1, 0.15) is 59.3 Å². The first-order chi connectivity index (χ1) is 12.5. The van der Waals surface area contributed by atoms with Crippen molar-refractivity contribution in [3.05, 3.63) is 0 Å². The molecule has 9 nitrogen and oxygen atoms in total. The second-order valence-corrected chi connectivity index (χ2v) is 6.96. The molecule has 0 saturated heterocycles. The average molecular weight is 392 g/mol. The summed E-state index contributed by atoms with van der Waals surface area (Å²) in [7, 11) is 0. The van der Waals surface area contributed by atoms with Crippen molar-refractivity contribution >= 4 is 17.9 Å². The first-order valence-electron chi connectivity index (χ1n) is 9.12. The van der Waals surface area contributed by atoms with Gasteiger partial charge in [-0.15, -0.1) is 0 Å². The Labute approximate surface area is 159 Å². The number of esters is 1. The van der Waals surface area contributed by atoms with Gasteiger partial charge in [0.25, 0.3) is 0 Å². The van der Waals surface area contributed by atoms with Crippen molar-refractivity contribution < 1.29 is 44.3 Å². The van der Waals surface area contributed by atoms with Crippen LogP contribution in [0, 0.1) is 5.92 Å². The predicted molar refractivity (Wildman–Crippen MR) is 95.1 cm³/mol. The van der Waals surface area contributed by atoms with Crippen molar-refractivity contribution in [3.63, 3.8) is 0 Å². The molecule has 4 unspecified atom stereocenters. The largest absolute Gasteiger partial charge is 0.506 e. The Morgan fingerprint density at radius 2 is 1.33 bits per heavy atom. The van der Waals surface area contributed by atoms with Crippen LogP contribution in [0.3, 0.4) is 0 Å². The fourth-order valence-corrected chi connectivity index (χ4v) is 2.53. The number of carboxylic acid groups (broad SMARTS) is 1. The maximum Gasteiger partial charge on any atom is 0.506 e. The molecule has 0 bridgehead atoms. The van der Waals surface area contributed by atoms with Crippen LogP contribution in [0.25, 0.3) is 0 Å². The zero-order valence-electron chi connectivity index (χ0n) is 16.2. The van der Waals surface area contributed by atoms with E-state index in [1.54, 1.807) is 13.8 Å². The van der Waals surface area contributed by atoms with E-state index in [9.17, 15) is 29.7 Å². The second kappa shape index (κ2) is 13.5. The van der Waals surface area contributed by atoms with Gasteiger partial charge in [0.15, 0.2) is 11.9 Å². The zero-order chi connectivity index (χ0) is 21.0. The molecule has 0 aromatic heterocycles. The van der Waals surface area contributed by atoms with Crippen LogP contribution >= 0.6 is 0 Å². The molecule has 9 heteroatoms. The van der Waals surface area contributed by atoms with Gasteiger partial charge in [-0.2, -0.15) is 0 Å². The number of carbonyl (C=O) groups is 3. The summed E-state index contributed by atoms with van der Waals surface area (Å²) in [6.45, 7) is 4.69. The highest BCUT2D eigenvalue weighted by Crippen LogP contribution is 2.16. The van der Waals surface area contributed by atoms with Crippen molar-refractivity contribution in [2.45, 2.75) is 83.7 Å². The zero-order valence-corrected chi connectivity index (χ0v) is 16.2. The molecule has 0 amide bonds. The Kier molecular flexibility index (Phi) is 12.6. The molecule has 158 valence electrons. The van der Waals surface area contributed by atoms with E-state index in [-0.39, 0.29) is 38.2 Å². The summed E-state index contributed by atoms with van der Waals surface area (Å²) in [6.07, 6.45) is -4.10. The number of hydrogen-bond acceptors (Lipinski definition) is 8. The molecule has 4 N–H and O–H groups in total. The number of carbonyl (C=O) groups excluding carboxylic acids is 2. The minimum Gasteiger partial charge on any atom is -0.466 e. The molecule has 0 aromatic carbocycles. The molecule has 0 aliphatic heterocycles. The lowest BCUT2D eigenvalue weighted by Gasteiger charge is -2.20. The summed E-state index contributed by atoms with van der Waals surface area (Å²) >= 11 is 0. The number of ether oxygens (including phenoxy) is 2. The van der Waals surface area contributed by atoms with Gasteiger partial charge < -0.3 is 29.9 Å². The van der Waals surface area contributed by atoms with E-state index in [0.29, 0.717) is 12.8 Å². The lowest BCUT2D eigenvalue weighted by molar-refractivity contribution is -0.141. The van der Waals surface area contributed by atoms with Crippen molar-refractivity contribution in [2.75, 3.05) is 6.61 Å². The number of aliphatic hydroxyl groups is 3. The van der Waals surface area contributed by atoms with Crippen LogP contribution in [0.15, 0.2) is 0 Å². The molecule has 0 fully saturated rings. The molecule has 0 saturated carbocycles. The molecule has 27 heavy (non-hydrogen) atoms. The van der Waals surface area contributed by atoms with E-state index in [1.165, 1.54) is 6.92 Å². The summed E-state index contributed by atoms with van der Waals surface area (Å²) in [5.41, 5.74) is 0. The highest BCUT2D eigenvalue weighted by molar-refractivity contribution is 5.85. The number of ketones is 1. The summed E-state index contributed by atoms with van der Waals surface area (Å²) in [4.78, 5) is 33.3. The van der Waals surface area contributed by atoms with Gasteiger partial charge in [0.2, 0.25) is 0 Å². The van der Waals surface area contributed by atoms with Gasteiger partial charge in [0.05, 0.1) is 24.9 Å². The molecule has 0 rings (SSSR count). The fraction of sp³-hybridized carbons (Fsp3) is 0.833. The Bertz CT molecular complexity index is 464. The molecule has 0 aromatic rings. The Balaban J connectivity index is 4.11. The number of rotatable bonds is 14. The third-order valence-corrected chi connectivity index (χ3v) is 4.01. The predicted octanol–water partition coefficient (Wildman–Crippen LogP) is 1.26. The van der Waals surface area contributed by atoms with Gasteiger partial charge in [0, 0.05) is 19.8 Å². The maximum absolute atomic E-state index is 12.1. The Hall–Kier alpha value is -1.71. The lowest BCUT2D eigenvalue weighted by Crippen LogP contribution is -2.34. The van der Waals surface area contributed by atoms with Gasteiger partial charge in [-0.1, -0.05) is 13.8 Å². The Morgan fingerprint density at radius 1 is 0.852 bits per heavy atom. The van der Waals surface area contributed by atoms with E-state index in [4.69, 9.17) is 9.84 Å². The topological polar surface area (TPSA) is 151 Å². The van der Waals surface area contributed by atoms with Crippen molar-refractivity contribution in [1.29, 1.82) is 0 Å². The second-order valence-electron chi connectivity index (χ2n) is 6.96. The average Bonchev–Trinajstić information content (AvgIpc) is 2.55. The fourth-order valence-electron chi connectivity index (χ4n) is 2.53. The summed E-state index contributed by atoms with van der Waals surface area (Å²) in [6, 6.07) is 0. The van der Waals surface area contributed by atoms with E-state index in [0.717, 1.165) is 0 Å². The highest BCUT2D eigenvalue weighted by atomic mass is 16.7. The van der Waals surface area contributed by atoms with Gasteiger partial charge in [-0.05, 0) is 31.6 Å². The van der Waals surface area contributed by atoms with E-state index in [1.807, 2.05) is 0 Å². The minimum atomic E-state index is -1.54. The van der Waals surface area contributed by atoms with Gasteiger partial charge in [-0.3, -0.25) is 9.59 Å². The monoisotopic (exact) mass is 392 g/mol. The van der Waals surface area contributed by atoms with Gasteiger partial charge in [0.1, 0.15) is 0 Å². The number of aliphatic hydroxyl groups excluding tert-OH is 3. The van der Waals surface area contributed by atoms with Crippen LogP contribution in [0.4, 0.5) is 4.79 Å². The summed E-state index contributed by atoms with van der Waals surface area (Å²) < 4.78 is 9.28. The minimum absolute atomic E-state index is 0.114. The summed E-state index contributed by atoms with van der Waals surface area (Å²) in [5.74, 6) is -1.27. The molecule has 0 heterocycles. The van der Waals surface area contributed by atoms with Crippen molar-refractivity contribution in [3.8, 4) is 0 Å². The molecular weight excluding hydrogens is 360 g/mol. The Morgan fingerprint density at radius 3 is 1.78 bits per heavy atom. The molecule has 0 aliphatic rings. The van der Waals surface area contributed by atoms with Crippen LogP contribution in [-0.2, 0) is 19.1 Å². The first kappa shape index (κ1) is 25.3. The van der Waals surface area contributed by atoms with Crippen LogP contribution < -0.4 is 0 Å². The van der Waals surface area contributed by atoms with Crippen LogP contribution in [-0.4, -0.2) is 69.4 Å². The number of Topliss-reactive ketones (excluding diaryl/α,β-unsaturated/α-hetero) is 1. The quantitative estimate of drug-likeness (QED) is 0.320. The molecule has 4 atom stereocenters. The molecule has 0 radical (unpaired) electrons. The maximum atomic E-state index is 12.1. The molecular formula is C18H32O9. The van der Waals surface area contributed by atoms with Gasteiger partial charge >= 0.3 is 12.1 Å². The third-order valence-electron chi connectivity index (χ3n) is 4.01. The molecule has 0 spiro atoms. The van der Waals surface area contributed by atoms with Crippen molar-refractivity contribution in [2.24, 2.45) is 5.92 Å². The SMILES string of the molecule is CC(=O)OCCC(O)CCC(O)CCC(O)CC(=O)C(OC(=O)O)C(C)C. The van der Waals surface area contributed by atoms with Crippen LogP contribution in [0.5, 0.6) is 0 Å². The van der Waals surface area contributed by atoms with E-state index >= 15 is 0 Å². The summed E-state index contributed by atoms with van der Waals surface area (Å²) in [5, 5.41) is 38.3. The number of hydrogen-bond donors (Lipinski definition) is 4. The van der Waals surface area contributed by atoms with Gasteiger partial charge in [-0.25, -0.2) is 4.79 Å². The normalized spacial score (nSPS) is 15.7. The smallest absolute Gasteiger partial charge is 0.466 e. The standard InChI is InChI=1S/C18H32O9/c1-11(2)17(27-18(24)25)16(23)10-15(22)7-6-13(20)4-5-14(21)8-9-26-12(3)19/h11,13-15,17,20-22H,4-10H2,1-3H3,(H,24,25). The van der Waals surface area contributed by atoms with E-state index in [2.05, 4.69) is 4.74 Å². The molecule has 0 aliphatic carbocycles. The third kappa shape index (κ3) is 13.2. The van der Waals surface area contributed by atoms with Crippen molar-refractivity contribution in [1.82, 2.24) is 0 Å². The lowest BCUT2D eigenvalue weighted by atomic mass is 9.96. The van der Waals surface area contributed by atoms with E-state index < -0.39 is 42.3 Å². The van der Waals surface area contributed by atoms with Crippen LogP contribution in [0.2, 0.25) is 0 Å². The first-order valence-corrected chi connectivity index (χ1v) is 9.12.